The van der Waals surface area contributed by atoms with E-state index in [9.17, 15) is 9.59 Å². The van der Waals surface area contributed by atoms with E-state index in [4.69, 9.17) is 15.5 Å². The summed E-state index contributed by atoms with van der Waals surface area (Å²) < 4.78 is 9.08. The molecule has 0 radical (unpaired) electrons. The Morgan fingerprint density at radius 1 is 1.11 bits per heavy atom. The number of hydrogen-bond donors (Lipinski definition) is 2. The number of amides is 1. The Bertz CT molecular complexity index is 2010. The van der Waals surface area contributed by atoms with E-state index < -0.39 is 11.9 Å². The highest BCUT2D eigenvalue weighted by atomic mass is 16.5. The van der Waals surface area contributed by atoms with Crippen LogP contribution in [0.25, 0.3) is 22.2 Å². The predicted molar refractivity (Wildman–Crippen MR) is 179 cm³/mol. The summed E-state index contributed by atoms with van der Waals surface area (Å²) in [7, 11) is 0. The number of nitrogens with one attached hydrogen (secondary N) is 1. The molecular formula is C36H39N7O3. The second-order valence-electron chi connectivity index (χ2n) is 12.4. The van der Waals surface area contributed by atoms with Crippen molar-refractivity contribution in [2.45, 2.75) is 59.1 Å². The first-order valence-electron chi connectivity index (χ1n) is 15.8. The third-order valence-electron chi connectivity index (χ3n) is 8.87. The van der Waals surface area contributed by atoms with Gasteiger partial charge in [-0.2, -0.15) is 0 Å². The van der Waals surface area contributed by atoms with Crippen LogP contribution in [0.15, 0.2) is 71.8 Å². The SMILES string of the molecule is CC(NC(=O)c1c(N)nn2cccnc12)c1nc2cccc(C#CC3CCOC(CC(C)C(C)C)C3)c2c(=O)n1-c1ccccc1. The lowest BCUT2D eigenvalue weighted by atomic mass is 9.86. The molecule has 2 aromatic carbocycles. The molecule has 0 saturated carbocycles. The summed E-state index contributed by atoms with van der Waals surface area (Å²) in [6.45, 7) is 9.24. The normalized spacial score (nSPS) is 17.8. The van der Waals surface area contributed by atoms with Crippen molar-refractivity contribution in [2.24, 2.45) is 17.8 Å². The van der Waals surface area contributed by atoms with Crippen LogP contribution in [-0.2, 0) is 4.74 Å². The Morgan fingerprint density at radius 3 is 2.70 bits per heavy atom. The van der Waals surface area contributed by atoms with Crippen molar-refractivity contribution in [1.82, 2.24) is 29.5 Å². The fourth-order valence-electron chi connectivity index (χ4n) is 5.97. The lowest BCUT2D eigenvalue weighted by molar-refractivity contribution is -0.0133. The molecule has 0 spiro atoms. The number of ether oxygens (including phenoxy) is 1. The average Bonchev–Trinajstić information content (AvgIpc) is 3.39. The van der Waals surface area contributed by atoms with Crippen LogP contribution in [0.3, 0.4) is 0 Å². The second-order valence-corrected chi connectivity index (χ2v) is 12.4. The monoisotopic (exact) mass is 617 g/mol. The van der Waals surface area contributed by atoms with Gasteiger partial charge in [0, 0.05) is 30.5 Å². The number of fused-ring (bicyclic) bond motifs is 2. The number of nitrogen functional groups attached to an aromatic ring is 1. The van der Waals surface area contributed by atoms with Gasteiger partial charge in [-0.15, -0.1) is 5.10 Å². The molecule has 46 heavy (non-hydrogen) atoms. The van der Waals surface area contributed by atoms with E-state index in [0.29, 0.717) is 52.1 Å². The van der Waals surface area contributed by atoms with E-state index in [2.05, 4.69) is 48.0 Å². The lowest BCUT2D eigenvalue weighted by Crippen LogP contribution is -2.33. The summed E-state index contributed by atoms with van der Waals surface area (Å²) in [5.74, 6) is 8.13. The molecule has 10 nitrogen and oxygen atoms in total. The van der Waals surface area contributed by atoms with Crippen molar-refractivity contribution in [3.63, 3.8) is 0 Å². The molecule has 0 bridgehead atoms. The first kappa shape index (κ1) is 31.0. The molecule has 4 unspecified atom stereocenters. The minimum atomic E-state index is -0.676. The summed E-state index contributed by atoms with van der Waals surface area (Å²) in [6.07, 6.45) is 6.21. The van der Waals surface area contributed by atoms with Crippen LogP contribution in [0.5, 0.6) is 0 Å². The number of benzene rings is 2. The summed E-state index contributed by atoms with van der Waals surface area (Å²) in [5, 5.41) is 7.60. The van der Waals surface area contributed by atoms with E-state index in [1.165, 1.54) is 4.52 Å². The van der Waals surface area contributed by atoms with Crippen LogP contribution in [0, 0.1) is 29.6 Å². The topological polar surface area (TPSA) is 129 Å². The maximum absolute atomic E-state index is 14.4. The van der Waals surface area contributed by atoms with Crippen LogP contribution < -0.4 is 16.6 Å². The molecule has 6 rings (SSSR count). The minimum absolute atomic E-state index is 0.0591. The van der Waals surface area contributed by atoms with Crippen molar-refractivity contribution in [3.05, 3.63) is 94.3 Å². The predicted octanol–water partition coefficient (Wildman–Crippen LogP) is 5.33. The van der Waals surface area contributed by atoms with Gasteiger partial charge in [-0.1, -0.05) is 56.9 Å². The molecule has 1 aliphatic rings. The van der Waals surface area contributed by atoms with Crippen LogP contribution in [0.2, 0.25) is 0 Å². The molecule has 3 N–H and O–H groups in total. The van der Waals surface area contributed by atoms with Gasteiger partial charge in [0.15, 0.2) is 11.5 Å². The second kappa shape index (κ2) is 13.2. The van der Waals surface area contributed by atoms with Gasteiger partial charge in [0.25, 0.3) is 11.5 Å². The number of rotatable bonds is 7. The zero-order valence-corrected chi connectivity index (χ0v) is 26.6. The van der Waals surface area contributed by atoms with E-state index in [0.717, 1.165) is 19.3 Å². The van der Waals surface area contributed by atoms with Gasteiger partial charge >= 0.3 is 0 Å². The molecule has 1 amide bonds. The Hall–Kier alpha value is -5.01. The molecular weight excluding hydrogens is 578 g/mol. The van der Waals surface area contributed by atoms with Gasteiger partial charge < -0.3 is 15.8 Å². The molecule has 0 aliphatic carbocycles. The maximum Gasteiger partial charge on any atom is 0.267 e. The van der Waals surface area contributed by atoms with Gasteiger partial charge in [-0.3, -0.25) is 14.2 Å². The number of nitrogens with zero attached hydrogens (tertiary/aromatic N) is 5. The summed E-state index contributed by atoms with van der Waals surface area (Å²) >= 11 is 0. The third kappa shape index (κ3) is 6.24. The standard InChI is InChI=1S/C36H39N7O3/c1-22(2)23(3)20-28-21-25(16-19-46-28)14-15-26-10-8-13-29-30(26)36(45)43(27-11-6-5-7-12-27)33(40-29)24(4)39-35(44)31-32(37)41-42-18-9-17-38-34(31)42/h5-13,17-18,22-25,28H,16,19-21H2,1-4H3,(H2,37,41)(H,39,44). The number of carbonyl (C=O) groups excluding carboxylic acids is 1. The van der Waals surface area contributed by atoms with Gasteiger partial charge in [-0.05, 0) is 68.4 Å². The van der Waals surface area contributed by atoms with Crippen molar-refractivity contribution in [2.75, 3.05) is 12.3 Å². The highest BCUT2D eigenvalue weighted by molar-refractivity contribution is 6.04. The first-order valence-corrected chi connectivity index (χ1v) is 15.8. The number of aromatic nitrogens is 5. The number of para-hydroxylation sites is 1. The van der Waals surface area contributed by atoms with Crippen LogP contribution in [-0.4, -0.2) is 42.8 Å². The molecule has 1 aliphatic heterocycles. The molecule has 10 heteroatoms. The average molecular weight is 618 g/mol. The van der Waals surface area contributed by atoms with Crippen LogP contribution in [0.4, 0.5) is 5.82 Å². The van der Waals surface area contributed by atoms with Crippen LogP contribution in [0.1, 0.15) is 74.7 Å². The van der Waals surface area contributed by atoms with Crippen LogP contribution >= 0.6 is 0 Å². The fraction of sp³-hybridized carbons (Fsp3) is 0.361. The van der Waals surface area contributed by atoms with Gasteiger partial charge in [0.2, 0.25) is 0 Å². The van der Waals surface area contributed by atoms with Crippen molar-refractivity contribution >= 4 is 28.3 Å². The zero-order valence-electron chi connectivity index (χ0n) is 26.6. The van der Waals surface area contributed by atoms with Gasteiger partial charge in [0.05, 0.1) is 28.7 Å². The zero-order chi connectivity index (χ0) is 32.4. The summed E-state index contributed by atoms with van der Waals surface area (Å²) in [5.41, 5.74) is 8.11. The van der Waals surface area contributed by atoms with E-state index in [1.54, 1.807) is 36.0 Å². The van der Waals surface area contributed by atoms with E-state index in [1.807, 2.05) is 42.5 Å². The molecule has 5 aromatic rings. The number of carbonyl (C=O) groups is 1. The summed E-state index contributed by atoms with van der Waals surface area (Å²) in [4.78, 5) is 37.1. The molecule has 4 atom stereocenters. The van der Waals surface area contributed by atoms with E-state index >= 15 is 0 Å². The lowest BCUT2D eigenvalue weighted by Gasteiger charge is -2.29. The van der Waals surface area contributed by atoms with Crippen molar-refractivity contribution < 1.29 is 9.53 Å². The Morgan fingerprint density at radius 2 is 1.91 bits per heavy atom. The molecule has 236 valence electrons. The minimum Gasteiger partial charge on any atom is -0.381 e. The molecule has 4 heterocycles. The highest BCUT2D eigenvalue weighted by Gasteiger charge is 2.26. The summed E-state index contributed by atoms with van der Waals surface area (Å²) in [6, 6.07) is 15.9. The Kier molecular flexibility index (Phi) is 8.86. The maximum atomic E-state index is 14.4. The van der Waals surface area contributed by atoms with Gasteiger partial charge in [0.1, 0.15) is 11.4 Å². The first-order chi connectivity index (χ1) is 22.2. The number of nitrogens with two attached hydrogens (primary N) is 1. The smallest absolute Gasteiger partial charge is 0.267 e. The Balaban J connectivity index is 1.36. The largest absolute Gasteiger partial charge is 0.381 e. The molecule has 1 saturated heterocycles. The van der Waals surface area contributed by atoms with Gasteiger partial charge in [-0.25, -0.2) is 14.5 Å². The van der Waals surface area contributed by atoms with E-state index in [-0.39, 0.29) is 29.0 Å². The quantitative estimate of drug-likeness (QED) is 0.236. The Labute approximate surface area is 268 Å². The third-order valence-corrected chi connectivity index (χ3v) is 8.87. The molecule has 1 fully saturated rings. The van der Waals surface area contributed by atoms with Crippen molar-refractivity contribution in [1.29, 1.82) is 0 Å². The van der Waals surface area contributed by atoms with Crippen molar-refractivity contribution in [3.8, 4) is 17.5 Å². The number of hydrogen-bond acceptors (Lipinski definition) is 7. The number of anilines is 1. The molecule has 3 aromatic heterocycles. The fourth-order valence-corrected chi connectivity index (χ4v) is 5.97. The highest BCUT2D eigenvalue weighted by Crippen LogP contribution is 2.27.